The SMILES string of the molecule is COC(=O)C1[C@H](C=C(C)C)C1(C)C. The number of esters is 1. The van der Waals surface area contributed by atoms with Crippen molar-refractivity contribution >= 4 is 5.97 Å². The first-order chi connectivity index (χ1) is 5.91. The van der Waals surface area contributed by atoms with E-state index < -0.39 is 0 Å². The van der Waals surface area contributed by atoms with Crippen LogP contribution in [0.1, 0.15) is 27.7 Å². The Morgan fingerprint density at radius 2 is 1.92 bits per heavy atom. The molecule has 0 spiro atoms. The van der Waals surface area contributed by atoms with Crippen LogP contribution in [0.2, 0.25) is 0 Å². The van der Waals surface area contributed by atoms with Crippen LogP contribution in [0.15, 0.2) is 11.6 Å². The van der Waals surface area contributed by atoms with Crippen molar-refractivity contribution in [1.29, 1.82) is 0 Å². The molecule has 13 heavy (non-hydrogen) atoms. The van der Waals surface area contributed by atoms with Gasteiger partial charge in [-0.3, -0.25) is 4.79 Å². The number of allylic oxidation sites excluding steroid dienone is 2. The summed E-state index contributed by atoms with van der Waals surface area (Å²) in [5.74, 6) is 0.352. The van der Waals surface area contributed by atoms with E-state index in [9.17, 15) is 4.79 Å². The zero-order chi connectivity index (χ0) is 10.2. The number of methoxy groups -OCH3 is 1. The molecule has 0 radical (unpaired) electrons. The Morgan fingerprint density at radius 3 is 2.31 bits per heavy atom. The Bertz CT molecular complexity index is 247. The van der Waals surface area contributed by atoms with E-state index in [4.69, 9.17) is 4.74 Å². The number of carbonyl (C=O) groups excluding carboxylic acids is 1. The minimum atomic E-state index is -0.0764. The van der Waals surface area contributed by atoms with Gasteiger partial charge < -0.3 is 4.74 Å². The van der Waals surface area contributed by atoms with Crippen molar-refractivity contribution in [2.45, 2.75) is 27.7 Å². The Balaban J connectivity index is 2.72. The van der Waals surface area contributed by atoms with E-state index in [2.05, 4.69) is 33.8 Å². The number of hydrogen-bond acceptors (Lipinski definition) is 2. The highest BCUT2D eigenvalue weighted by Crippen LogP contribution is 2.59. The lowest BCUT2D eigenvalue weighted by Crippen LogP contribution is -2.07. The van der Waals surface area contributed by atoms with Gasteiger partial charge in [0.05, 0.1) is 13.0 Å². The molecule has 0 aliphatic heterocycles. The molecule has 1 aliphatic carbocycles. The van der Waals surface area contributed by atoms with E-state index in [1.807, 2.05) is 0 Å². The van der Waals surface area contributed by atoms with Crippen LogP contribution in [0.5, 0.6) is 0 Å². The van der Waals surface area contributed by atoms with E-state index in [1.54, 1.807) is 0 Å². The summed E-state index contributed by atoms with van der Waals surface area (Å²) in [5.41, 5.74) is 1.36. The molecule has 0 aromatic carbocycles. The Morgan fingerprint density at radius 1 is 1.38 bits per heavy atom. The molecule has 1 unspecified atom stereocenters. The monoisotopic (exact) mass is 182 g/mol. The first-order valence-electron chi connectivity index (χ1n) is 4.64. The van der Waals surface area contributed by atoms with Crippen LogP contribution in [0, 0.1) is 17.3 Å². The quantitative estimate of drug-likeness (QED) is 0.484. The molecule has 0 heterocycles. The molecule has 0 bridgehead atoms. The van der Waals surface area contributed by atoms with Crippen molar-refractivity contribution < 1.29 is 9.53 Å². The maximum absolute atomic E-state index is 11.3. The highest BCUT2D eigenvalue weighted by molar-refractivity contribution is 5.78. The van der Waals surface area contributed by atoms with Gasteiger partial charge in [-0.05, 0) is 25.2 Å². The minimum absolute atomic E-state index is 0.0624. The third kappa shape index (κ3) is 1.77. The smallest absolute Gasteiger partial charge is 0.309 e. The molecule has 1 aliphatic rings. The molecule has 74 valence electrons. The molecule has 2 nitrogen and oxygen atoms in total. The summed E-state index contributed by atoms with van der Waals surface area (Å²) in [6, 6.07) is 0. The van der Waals surface area contributed by atoms with Gasteiger partial charge in [-0.25, -0.2) is 0 Å². The van der Waals surface area contributed by atoms with Gasteiger partial charge in [-0.2, -0.15) is 0 Å². The number of ether oxygens (including phenoxy) is 1. The van der Waals surface area contributed by atoms with E-state index in [0.717, 1.165) is 0 Å². The molecule has 0 N–H and O–H groups in total. The van der Waals surface area contributed by atoms with Gasteiger partial charge in [0.15, 0.2) is 0 Å². The summed E-state index contributed by atoms with van der Waals surface area (Å²) in [4.78, 5) is 11.3. The van der Waals surface area contributed by atoms with Crippen LogP contribution < -0.4 is 0 Å². The number of hydrogen-bond donors (Lipinski definition) is 0. The fraction of sp³-hybridized carbons (Fsp3) is 0.727. The molecule has 1 saturated carbocycles. The summed E-state index contributed by atoms with van der Waals surface area (Å²) in [6.07, 6.45) is 2.17. The van der Waals surface area contributed by atoms with Gasteiger partial charge >= 0.3 is 5.97 Å². The summed E-state index contributed by atoms with van der Waals surface area (Å²) in [7, 11) is 1.45. The molecule has 1 fully saturated rings. The third-order valence-corrected chi connectivity index (χ3v) is 2.88. The van der Waals surface area contributed by atoms with Crippen molar-refractivity contribution in [2.75, 3.05) is 7.11 Å². The maximum atomic E-state index is 11.3. The fourth-order valence-electron chi connectivity index (χ4n) is 1.93. The van der Waals surface area contributed by atoms with Crippen LogP contribution >= 0.6 is 0 Å². The van der Waals surface area contributed by atoms with E-state index in [0.29, 0.717) is 5.92 Å². The predicted molar refractivity (Wildman–Crippen MR) is 52.2 cm³/mol. The van der Waals surface area contributed by atoms with Crippen LogP contribution in [-0.4, -0.2) is 13.1 Å². The standard InChI is InChI=1S/C11H18O2/c1-7(2)6-8-9(10(12)13-5)11(8,3)4/h6,8-9H,1-5H3/t8-,9?/m0/s1. The fourth-order valence-corrected chi connectivity index (χ4v) is 1.93. The van der Waals surface area contributed by atoms with Gasteiger partial charge in [-0.1, -0.05) is 25.5 Å². The Kier molecular flexibility index (Phi) is 2.51. The second-order valence-corrected chi connectivity index (χ2v) is 4.59. The largest absolute Gasteiger partial charge is 0.469 e. The lowest BCUT2D eigenvalue weighted by Gasteiger charge is -1.99. The van der Waals surface area contributed by atoms with Crippen molar-refractivity contribution in [3.63, 3.8) is 0 Å². The Labute approximate surface area is 80.0 Å². The predicted octanol–water partition coefficient (Wildman–Crippen LogP) is 2.40. The molecule has 0 saturated heterocycles. The second kappa shape index (κ2) is 3.17. The minimum Gasteiger partial charge on any atom is -0.469 e. The lowest BCUT2D eigenvalue weighted by molar-refractivity contribution is -0.143. The van der Waals surface area contributed by atoms with Gasteiger partial charge in [0.2, 0.25) is 0 Å². The summed E-state index contributed by atoms with van der Waals surface area (Å²) < 4.78 is 4.75. The molecular weight excluding hydrogens is 164 g/mol. The van der Waals surface area contributed by atoms with Gasteiger partial charge in [-0.15, -0.1) is 0 Å². The molecular formula is C11H18O2. The number of rotatable bonds is 2. The van der Waals surface area contributed by atoms with Crippen molar-refractivity contribution in [1.82, 2.24) is 0 Å². The van der Waals surface area contributed by atoms with E-state index in [-0.39, 0.29) is 17.3 Å². The van der Waals surface area contributed by atoms with E-state index >= 15 is 0 Å². The molecule has 0 aromatic heterocycles. The zero-order valence-electron chi connectivity index (χ0n) is 9.05. The zero-order valence-corrected chi connectivity index (χ0v) is 9.05. The van der Waals surface area contributed by atoms with Crippen molar-refractivity contribution in [2.24, 2.45) is 17.3 Å². The normalized spacial score (nSPS) is 29.3. The first kappa shape index (κ1) is 10.3. The van der Waals surface area contributed by atoms with Gasteiger partial charge in [0, 0.05) is 0 Å². The lowest BCUT2D eigenvalue weighted by atomic mass is 10.1. The topological polar surface area (TPSA) is 26.3 Å². The molecule has 0 aromatic rings. The van der Waals surface area contributed by atoms with Crippen LogP contribution in [-0.2, 0) is 9.53 Å². The molecule has 1 rings (SSSR count). The highest BCUT2D eigenvalue weighted by Gasteiger charge is 2.61. The average molecular weight is 182 g/mol. The van der Waals surface area contributed by atoms with Crippen LogP contribution in [0.4, 0.5) is 0 Å². The second-order valence-electron chi connectivity index (χ2n) is 4.59. The van der Waals surface area contributed by atoms with Crippen LogP contribution in [0.25, 0.3) is 0 Å². The highest BCUT2D eigenvalue weighted by atomic mass is 16.5. The third-order valence-electron chi connectivity index (χ3n) is 2.88. The van der Waals surface area contributed by atoms with E-state index in [1.165, 1.54) is 12.7 Å². The van der Waals surface area contributed by atoms with Crippen molar-refractivity contribution in [3.05, 3.63) is 11.6 Å². The molecule has 2 atom stereocenters. The first-order valence-corrected chi connectivity index (χ1v) is 4.64. The summed E-state index contributed by atoms with van der Waals surface area (Å²) in [6.45, 7) is 8.34. The summed E-state index contributed by atoms with van der Waals surface area (Å²) >= 11 is 0. The van der Waals surface area contributed by atoms with Crippen molar-refractivity contribution in [3.8, 4) is 0 Å². The van der Waals surface area contributed by atoms with Gasteiger partial charge in [0.25, 0.3) is 0 Å². The number of carbonyl (C=O) groups is 1. The summed E-state index contributed by atoms with van der Waals surface area (Å²) in [5, 5.41) is 0. The van der Waals surface area contributed by atoms with Gasteiger partial charge in [0.1, 0.15) is 0 Å². The molecule has 2 heteroatoms. The molecule has 0 amide bonds. The maximum Gasteiger partial charge on any atom is 0.309 e. The van der Waals surface area contributed by atoms with Crippen LogP contribution in [0.3, 0.4) is 0 Å². The average Bonchev–Trinajstić information content (AvgIpc) is 2.51. The Hall–Kier alpha value is -0.790.